The summed E-state index contributed by atoms with van der Waals surface area (Å²) < 4.78 is 5.60. The molecule has 5 heteroatoms. The fourth-order valence-electron chi connectivity index (χ4n) is 2.01. The zero-order chi connectivity index (χ0) is 12.2. The second kappa shape index (κ2) is 5.61. The van der Waals surface area contributed by atoms with Crippen LogP contribution in [0.4, 0.5) is 0 Å². The maximum absolute atomic E-state index is 10.8. The van der Waals surface area contributed by atoms with Crippen LogP contribution in [0.1, 0.15) is 20.3 Å². The van der Waals surface area contributed by atoms with E-state index in [1.807, 2.05) is 0 Å². The van der Waals surface area contributed by atoms with Gasteiger partial charge < -0.3 is 15.2 Å². The number of rotatable bonds is 5. The monoisotopic (exact) mass is 230 g/mol. The molecule has 1 saturated heterocycles. The lowest BCUT2D eigenvalue weighted by Crippen LogP contribution is -2.49. The van der Waals surface area contributed by atoms with Crippen molar-refractivity contribution < 1.29 is 14.6 Å². The van der Waals surface area contributed by atoms with Gasteiger partial charge in [-0.05, 0) is 27.3 Å². The third-order valence-electron chi connectivity index (χ3n) is 2.89. The van der Waals surface area contributed by atoms with Gasteiger partial charge in [0.25, 0.3) is 0 Å². The standard InChI is InChI=1S/C11H22N2O3/c1-11(2)8-13(6-7-16-11)5-4-9(12-3)10(14)15/h9,12H,4-8H2,1-3H3,(H,14,15). The molecule has 0 radical (unpaired) electrons. The second-order valence-corrected chi connectivity index (χ2v) is 4.85. The molecule has 5 nitrogen and oxygen atoms in total. The van der Waals surface area contributed by atoms with E-state index < -0.39 is 12.0 Å². The first-order chi connectivity index (χ1) is 7.44. The lowest BCUT2D eigenvalue weighted by atomic mass is 10.1. The molecule has 0 aromatic rings. The molecule has 1 aliphatic heterocycles. The van der Waals surface area contributed by atoms with Gasteiger partial charge in [-0.15, -0.1) is 0 Å². The maximum atomic E-state index is 10.8. The number of hydrogen-bond acceptors (Lipinski definition) is 4. The van der Waals surface area contributed by atoms with Gasteiger partial charge in [0.15, 0.2) is 0 Å². The van der Waals surface area contributed by atoms with Crippen LogP contribution in [0, 0.1) is 0 Å². The van der Waals surface area contributed by atoms with Gasteiger partial charge in [0.05, 0.1) is 12.2 Å². The molecule has 1 heterocycles. The van der Waals surface area contributed by atoms with E-state index in [9.17, 15) is 4.79 Å². The quantitative estimate of drug-likeness (QED) is 0.704. The van der Waals surface area contributed by atoms with Crippen molar-refractivity contribution >= 4 is 5.97 Å². The number of nitrogens with one attached hydrogen (secondary N) is 1. The van der Waals surface area contributed by atoms with Crippen LogP contribution in [0.5, 0.6) is 0 Å². The maximum Gasteiger partial charge on any atom is 0.320 e. The minimum Gasteiger partial charge on any atom is -0.480 e. The summed E-state index contributed by atoms with van der Waals surface area (Å²) in [6.45, 7) is 7.40. The minimum absolute atomic E-state index is 0.114. The summed E-state index contributed by atoms with van der Waals surface area (Å²) in [5.41, 5.74) is -0.114. The van der Waals surface area contributed by atoms with E-state index in [1.165, 1.54) is 0 Å². The number of carboxylic acid groups (broad SMARTS) is 1. The molecule has 0 aromatic heterocycles. The molecular formula is C11H22N2O3. The summed E-state index contributed by atoms with van der Waals surface area (Å²) in [6.07, 6.45) is 0.627. The first kappa shape index (κ1) is 13.4. The molecule has 0 aliphatic carbocycles. The van der Waals surface area contributed by atoms with E-state index in [0.717, 1.165) is 26.2 Å². The smallest absolute Gasteiger partial charge is 0.320 e. The molecule has 1 aliphatic rings. The first-order valence-corrected chi connectivity index (χ1v) is 5.71. The molecule has 1 unspecified atom stereocenters. The molecule has 2 N–H and O–H groups in total. The predicted octanol–water partition coefficient (Wildman–Crippen LogP) is 0.160. The van der Waals surface area contributed by atoms with E-state index in [0.29, 0.717) is 6.42 Å². The summed E-state index contributed by atoms with van der Waals surface area (Å²) in [6, 6.07) is -0.453. The zero-order valence-corrected chi connectivity index (χ0v) is 10.3. The van der Waals surface area contributed by atoms with Crippen molar-refractivity contribution in [1.82, 2.24) is 10.2 Å². The van der Waals surface area contributed by atoms with Crippen LogP contribution in [-0.2, 0) is 9.53 Å². The number of likely N-dealkylation sites (N-methyl/N-ethyl adjacent to an activating group) is 1. The van der Waals surface area contributed by atoms with Gasteiger partial charge in [-0.2, -0.15) is 0 Å². The van der Waals surface area contributed by atoms with Gasteiger partial charge in [0, 0.05) is 19.6 Å². The number of nitrogens with zero attached hydrogens (tertiary/aromatic N) is 1. The molecule has 16 heavy (non-hydrogen) atoms. The molecule has 0 aromatic carbocycles. The van der Waals surface area contributed by atoms with Crippen LogP contribution >= 0.6 is 0 Å². The van der Waals surface area contributed by atoms with Crippen molar-refractivity contribution in [1.29, 1.82) is 0 Å². The SMILES string of the molecule is CNC(CCN1CCOC(C)(C)C1)C(=O)O. The van der Waals surface area contributed by atoms with Crippen molar-refractivity contribution in [2.24, 2.45) is 0 Å². The molecule has 1 rings (SSSR count). The highest BCUT2D eigenvalue weighted by Crippen LogP contribution is 2.16. The van der Waals surface area contributed by atoms with E-state index >= 15 is 0 Å². The van der Waals surface area contributed by atoms with Crippen LogP contribution < -0.4 is 5.32 Å². The summed E-state index contributed by atoms with van der Waals surface area (Å²) in [5.74, 6) is -0.782. The Bertz CT molecular complexity index is 243. The van der Waals surface area contributed by atoms with Crippen molar-refractivity contribution in [3.63, 3.8) is 0 Å². The Labute approximate surface area is 96.8 Å². The van der Waals surface area contributed by atoms with E-state index in [4.69, 9.17) is 9.84 Å². The van der Waals surface area contributed by atoms with E-state index in [-0.39, 0.29) is 5.60 Å². The third-order valence-corrected chi connectivity index (χ3v) is 2.89. The van der Waals surface area contributed by atoms with Crippen LogP contribution in [0.3, 0.4) is 0 Å². The Balaban J connectivity index is 2.34. The molecular weight excluding hydrogens is 208 g/mol. The Kier molecular flexibility index (Phi) is 4.70. The van der Waals surface area contributed by atoms with Crippen molar-refractivity contribution in [2.45, 2.75) is 31.9 Å². The highest BCUT2D eigenvalue weighted by atomic mass is 16.5. The van der Waals surface area contributed by atoms with E-state index in [2.05, 4.69) is 24.1 Å². The molecule has 0 amide bonds. The average Bonchev–Trinajstić information content (AvgIpc) is 2.16. The molecule has 0 spiro atoms. The van der Waals surface area contributed by atoms with Crippen LogP contribution in [0.25, 0.3) is 0 Å². The summed E-state index contributed by atoms with van der Waals surface area (Å²) in [7, 11) is 1.68. The van der Waals surface area contributed by atoms with Gasteiger partial charge in [-0.25, -0.2) is 0 Å². The Hall–Kier alpha value is -0.650. The largest absolute Gasteiger partial charge is 0.480 e. The molecule has 0 saturated carbocycles. The van der Waals surface area contributed by atoms with Crippen LogP contribution in [0.2, 0.25) is 0 Å². The van der Waals surface area contributed by atoms with Crippen molar-refractivity contribution in [2.75, 3.05) is 33.3 Å². The van der Waals surface area contributed by atoms with Gasteiger partial charge >= 0.3 is 5.97 Å². The number of aliphatic carboxylic acids is 1. The lowest BCUT2D eigenvalue weighted by Gasteiger charge is -2.38. The van der Waals surface area contributed by atoms with E-state index in [1.54, 1.807) is 7.05 Å². The normalized spacial score (nSPS) is 22.9. The second-order valence-electron chi connectivity index (χ2n) is 4.85. The number of ether oxygens (including phenoxy) is 1. The summed E-state index contributed by atoms with van der Waals surface area (Å²) >= 11 is 0. The average molecular weight is 230 g/mol. The molecule has 1 atom stereocenters. The van der Waals surface area contributed by atoms with Gasteiger partial charge in [-0.3, -0.25) is 9.69 Å². The van der Waals surface area contributed by atoms with Crippen molar-refractivity contribution in [3.8, 4) is 0 Å². The topological polar surface area (TPSA) is 61.8 Å². The Morgan fingerprint density at radius 3 is 2.81 bits per heavy atom. The highest BCUT2D eigenvalue weighted by Gasteiger charge is 2.27. The van der Waals surface area contributed by atoms with Gasteiger partial charge in [0.1, 0.15) is 6.04 Å². The van der Waals surface area contributed by atoms with Crippen molar-refractivity contribution in [3.05, 3.63) is 0 Å². The first-order valence-electron chi connectivity index (χ1n) is 5.71. The molecule has 0 bridgehead atoms. The van der Waals surface area contributed by atoms with Crippen LogP contribution in [0.15, 0.2) is 0 Å². The minimum atomic E-state index is -0.782. The Morgan fingerprint density at radius 1 is 1.62 bits per heavy atom. The number of morpholine rings is 1. The summed E-state index contributed by atoms with van der Waals surface area (Å²) in [4.78, 5) is 13.1. The van der Waals surface area contributed by atoms with Crippen LogP contribution in [-0.4, -0.2) is 60.9 Å². The fourth-order valence-corrected chi connectivity index (χ4v) is 2.01. The number of carboxylic acids is 1. The lowest BCUT2D eigenvalue weighted by molar-refractivity contribution is -0.139. The Morgan fingerprint density at radius 2 is 2.31 bits per heavy atom. The third kappa shape index (κ3) is 4.08. The molecule has 1 fully saturated rings. The highest BCUT2D eigenvalue weighted by molar-refractivity contribution is 5.73. The van der Waals surface area contributed by atoms with Gasteiger partial charge in [0.2, 0.25) is 0 Å². The predicted molar refractivity (Wildman–Crippen MR) is 61.6 cm³/mol. The summed E-state index contributed by atoms with van der Waals surface area (Å²) in [5, 5.41) is 11.7. The fraction of sp³-hybridized carbons (Fsp3) is 0.909. The number of hydrogen-bond donors (Lipinski definition) is 2. The zero-order valence-electron chi connectivity index (χ0n) is 10.3. The van der Waals surface area contributed by atoms with Gasteiger partial charge in [-0.1, -0.05) is 0 Å². The molecule has 94 valence electrons. The number of carbonyl (C=O) groups is 1.